The summed E-state index contributed by atoms with van der Waals surface area (Å²) in [6, 6.07) is 22.3. The summed E-state index contributed by atoms with van der Waals surface area (Å²) >= 11 is 6.29. The van der Waals surface area contributed by atoms with E-state index in [4.69, 9.17) is 25.2 Å². The molecule has 0 amide bonds. The minimum Gasteiger partial charge on any atom is -0.492 e. The van der Waals surface area contributed by atoms with Crippen molar-refractivity contribution in [3.8, 4) is 5.75 Å². The van der Waals surface area contributed by atoms with E-state index in [1.165, 1.54) is 0 Å². The van der Waals surface area contributed by atoms with Crippen LogP contribution in [-0.2, 0) is 14.4 Å². The van der Waals surface area contributed by atoms with Gasteiger partial charge < -0.3 is 18.9 Å². The predicted molar refractivity (Wildman–Crippen MR) is 163 cm³/mol. The van der Waals surface area contributed by atoms with Gasteiger partial charge in [0.25, 0.3) is 0 Å². The van der Waals surface area contributed by atoms with E-state index in [0.29, 0.717) is 30.4 Å². The maximum Gasteiger partial charge on any atom is 0.229 e. The lowest BCUT2D eigenvalue weighted by atomic mass is 10.1. The number of fused-ring (bicyclic) bond motifs is 3. The normalized spacial score (nSPS) is 13.2. The first-order valence-electron chi connectivity index (χ1n) is 13.4. The van der Waals surface area contributed by atoms with Crippen LogP contribution in [0.5, 0.6) is 5.75 Å². The molecular formula is C29H37ClN2O5SSi. The van der Waals surface area contributed by atoms with Crippen LogP contribution in [0.2, 0.25) is 23.2 Å². The van der Waals surface area contributed by atoms with E-state index in [2.05, 4.69) is 36.9 Å². The smallest absolute Gasteiger partial charge is 0.229 e. The van der Waals surface area contributed by atoms with Crippen LogP contribution in [0.4, 0.5) is 5.69 Å². The highest BCUT2D eigenvalue weighted by atomic mass is 35.5. The Morgan fingerprint density at radius 3 is 2.38 bits per heavy atom. The van der Waals surface area contributed by atoms with Crippen LogP contribution in [0, 0.1) is 0 Å². The van der Waals surface area contributed by atoms with Gasteiger partial charge in [-0.1, -0.05) is 56.6 Å². The van der Waals surface area contributed by atoms with Gasteiger partial charge in [0.05, 0.1) is 23.1 Å². The van der Waals surface area contributed by atoms with Gasteiger partial charge in [-0.3, -0.25) is 4.72 Å². The molecule has 0 aliphatic heterocycles. The maximum atomic E-state index is 11.9. The fourth-order valence-corrected chi connectivity index (χ4v) is 8.43. The molecule has 3 aromatic carbocycles. The van der Waals surface area contributed by atoms with Gasteiger partial charge >= 0.3 is 0 Å². The number of anilines is 1. The van der Waals surface area contributed by atoms with Crippen molar-refractivity contribution < 1.29 is 22.0 Å². The molecule has 0 spiro atoms. The third-order valence-electron chi connectivity index (χ3n) is 7.21. The zero-order chi connectivity index (χ0) is 28.0. The largest absolute Gasteiger partial charge is 0.492 e. The Bertz CT molecular complexity index is 1510. The van der Waals surface area contributed by atoms with Gasteiger partial charge in [-0.25, -0.2) is 8.42 Å². The van der Waals surface area contributed by atoms with E-state index >= 15 is 0 Å². The van der Waals surface area contributed by atoms with Gasteiger partial charge in [-0.2, -0.15) is 0 Å². The molecule has 210 valence electrons. The second-order valence-electron chi connectivity index (χ2n) is 9.77. The average molecular weight is 589 g/mol. The number of hydrogen-bond donors (Lipinski definition) is 2. The lowest BCUT2D eigenvalue weighted by molar-refractivity contribution is 0.183. The summed E-state index contributed by atoms with van der Waals surface area (Å²) in [6.07, 6.45) is 0.863. The van der Waals surface area contributed by atoms with E-state index < -0.39 is 18.3 Å². The van der Waals surface area contributed by atoms with E-state index in [9.17, 15) is 8.42 Å². The predicted octanol–water partition coefficient (Wildman–Crippen LogP) is 7.34. The quantitative estimate of drug-likeness (QED) is 0.118. The van der Waals surface area contributed by atoms with Crippen molar-refractivity contribution in [2.24, 2.45) is 0 Å². The van der Waals surface area contributed by atoms with Crippen LogP contribution >= 0.6 is 11.6 Å². The number of nitrogens with one attached hydrogen (secondary N) is 2. The van der Waals surface area contributed by atoms with Gasteiger partial charge in [0.1, 0.15) is 23.5 Å². The summed E-state index contributed by atoms with van der Waals surface area (Å²) in [6.45, 7) is 8.20. The zero-order valence-corrected chi connectivity index (χ0v) is 25.5. The van der Waals surface area contributed by atoms with E-state index in [1.54, 1.807) is 12.1 Å². The molecule has 4 aromatic rings. The highest BCUT2D eigenvalue weighted by Gasteiger charge is 2.32. The molecule has 0 radical (unpaired) electrons. The van der Waals surface area contributed by atoms with Gasteiger partial charge in [0.15, 0.2) is 8.32 Å². The van der Waals surface area contributed by atoms with Crippen molar-refractivity contribution in [1.82, 2.24) is 5.32 Å². The zero-order valence-electron chi connectivity index (χ0n) is 22.9. The number of ether oxygens (including phenoxy) is 1. The molecule has 1 heterocycles. The van der Waals surface area contributed by atoms with Crippen molar-refractivity contribution in [2.75, 3.05) is 30.7 Å². The van der Waals surface area contributed by atoms with E-state index in [-0.39, 0.29) is 6.10 Å². The van der Waals surface area contributed by atoms with Crippen molar-refractivity contribution in [2.45, 2.75) is 45.0 Å². The van der Waals surface area contributed by atoms with Crippen LogP contribution in [-0.4, -0.2) is 42.7 Å². The summed E-state index contributed by atoms with van der Waals surface area (Å²) in [5.74, 6) is 0.750. The summed E-state index contributed by atoms with van der Waals surface area (Å²) in [5.41, 5.74) is 2.89. The second-order valence-corrected chi connectivity index (χ2v) is 16.7. The molecule has 7 nitrogen and oxygen atoms in total. The molecule has 1 atom stereocenters. The van der Waals surface area contributed by atoms with Gasteiger partial charge in [-0.05, 0) is 54.0 Å². The number of halogens is 1. The number of para-hydroxylation sites is 1. The molecule has 0 bridgehead atoms. The van der Waals surface area contributed by atoms with Crippen molar-refractivity contribution in [1.29, 1.82) is 0 Å². The first-order valence-corrected chi connectivity index (χ1v) is 18.2. The van der Waals surface area contributed by atoms with E-state index in [0.717, 1.165) is 57.6 Å². The summed E-state index contributed by atoms with van der Waals surface area (Å²) < 4.78 is 45.0. The molecule has 0 aliphatic rings. The van der Waals surface area contributed by atoms with Crippen molar-refractivity contribution >= 4 is 57.6 Å². The fourth-order valence-electron chi connectivity index (χ4n) is 4.82. The molecule has 10 heteroatoms. The molecule has 0 saturated carbocycles. The van der Waals surface area contributed by atoms with Crippen LogP contribution in [0.3, 0.4) is 0 Å². The highest BCUT2D eigenvalue weighted by molar-refractivity contribution is 7.92. The topological polar surface area (TPSA) is 89.8 Å². The molecule has 1 unspecified atom stereocenters. The maximum absolute atomic E-state index is 11.9. The van der Waals surface area contributed by atoms with Gasteiger partial charge in [0.2, 0.25) is 10.0 Å². The third-order valence-corrected chi connectivity index (χ3v) is 12.8. The molecule has 39 heavy (non-hydrogen) atoms. The Balaban J connectivity index is 1.43. The first-order chi connectivity index (χ1) is 18.7. The minimum atomic E-state index is -3.47. The van der Waals surface area contributed by atoms with E-state index in [1.807, 2.05) is 42.5 Å². The highest BCUT2D eigenvalue weighted by Crippen LogP contribution is 2.33. The number of furan rings is 1. The second kappa shape index (κ2) is 12.7. The van der Waals surface area contributed by atoms with Crippen LogP contribution in [0.25, 0.3) is 21.9 Å². The molecule has 0 saturated heterocycles. The molecule has 1 aromatic heterocycles. The van der Waals surface area contributed by atoms with Crippen molar-refractivity contribution in [3.05, 3.63) is 71.2 Å². The lowest BCUT2D eigenvalue weighted by Crippen LogP contribution is -2.40. The monoisotopic (exact) mass is 588 g/mol. The Morgan fingerprint density at radius 2 is 1.67 bits per heavy atom. The third kappa shape index (κ3) is 7.35. The summed E-state index contributed by atoms with van der Waals surface area (Å²) in [5, 5.41) is 5.97. The first kappa shape index (κ1) is 29.4. The standard InChI is InChI=1S/C29H37ClN2O5SSi/c1-5-39(6-2,7-3)37-29(21-12-15-25(30)26(18-21)32-38(4,33)34)20-31-16-17-35-22-13-14-24-23-10-8-9-11-27(23)36-28(24)19-22/h8-15,18-19,29,31-32H,5-7,16-17,20H2,1-4H3. The number of hydrogen-bond acceptors (Lipinski definition) is 6. The van der Waals surface area contributed by atoms with Crippen LogP contribution < -0.4 is 14.8 Å². The number of sulfonamides is 1. The molecule has 0 aliphatic carbocycles. The van der Waals surface area contributed by atoms with Crippen LogP contribution in [0.1, 0.15) is 32.4 Å². The number of benzene rings is 3. The average Bonchev–Trinajstić information content (AvgIpc) is 3.29. The Kier molecular flexibility index (Phi) is 9.61. The Morgan fingerprint density at radius 1 is 0.949 bits per heavy atom. The molecule has 2 N–H and O–H groups in total. The van der Waals surface area contributed by atoms with Crippen molar-refractivity contribution in [3.63, 3.8) is 0 Å². The molecule has 4 rings (SSSR count). The van der Waals surface area contributed by atoms with Gasteiger partial charge in [0, 0.05) is 29.9 Å². The van der Waals surface area contributed by atoms with Crippen LogP contribution in [0.15, 0.2) is 65.1 Å². The minimum absolute atomic E-state index is 0.249. The summed E-state index contributed by atoms with van der Waals surface area (Å²) in [7, 11) is -5.42. The summed E-state index contributed by atoms with van der Waals surface area (Å²) in [4.78, 5) is 0. The fraction of sp³-hybridized carbons (Fsp3) is 0.379. The molecule has 0 fully saturated rings. The SMILES string of the molecule is CC[Si](CC)(CC)OC(CNCCOc1ccc2c(c1)oc1ccccc12)c1ccc(Cl)c(NS(C)(=O)=O)c1. The molecular weight excluding hydrogens is 552 g/mol. The Hall–Kier alpha value is -2.56. The van der Waals surface area contributed by atoms with Gasteiger partial charge in [-0.15, -0.1) is 0 Å². The Labute approximate surface area is 237 Å². The number of rotatable bonds is 14. The lowest BCUT2D eigenvalue weighted by Gasteiger charge is -2.34.